The van der Waals surface area contributed by atoms with Gasteiger partial charge in [-0.15, -0.1) is 0 Å². The Balaban J connectivity index is 2.04. The number of hydrogen-bond donors (Lipinski definition) is 1. The van der Waals surface area contributed by atoms with Gasteiger partial charge in [-0.25, -0.2) is 0 Å². The molecule has 0 aliphatic heterocycles. The number of anilines is 1. The van der Waals surface area contributed by atoms with Crippen molar-refractivity contribution < 1.29 is 14.3 Å². The molecule has 1 N–H and O–H groups in total. The third kappa shape index (κ3) is 5.02. The van der Waals surface area contributed by atoms with Crippen LogP contribution in [0.4, 0.5) is 5.69 Å². The van der Waals surface area contributed by atoms with Crippen molar-refractivity contribution in [2.24, 2.45) is 0 Å². The van der Waals surface area contributed by atoms with Crippen LogP contribution in [0, 0.1) is 0 Å². The molecule has 122 valence electrons. The third-order valence-electron chi connectivity index (χ3n) is 3.32. The van der Waals surface area contributed by atoms with Gasteiger partial charge in [0.2, 0.25) is 0 Å². The summed E-state index contributed by atoms with van der Waals surface area (Å²) >= 11 is 0. The van der Waals surface area contributed by atoms with E-state index in [2.05, 4.69) is 12.2 Å². The number of amides is 1. The van der Waals surface area contributed by atoms with Crippen molar-refractivity contribution in [1.82, 2.24) is 0 Å². The first-order chi connectivity index (χ1) is 11.2. The number of ether oxygens (including phenoxy) is 2. The fourth-order valence-electron chi connectivity index (χ4n) is 2.09. The lowest BCUT2D eigenvalue weighted by Gasteiger charge is -2.12. The van der Waals surface area contributed by atoms with Crippen LogP contribution >= 0.6 is 0 Å². The van der Waals surface area contributed by atoms with Gasteiger partial charge in [0.05, 0.1) is 18.9 Å². The van der Waals surface area contributed by atoms with Gasteiger partial charge in [-0.1, -0.05) is 25.5 Å². The smallest absolute Gasteiger partial charge is 0.255 e. The average Bonchev–Trinajstić information content (AvgIpc) is 2.57. The molecule has 2 aromatic carbocycles. The molecule has 0 aromatic heterocycles. The van der Waals surface area contributed by atoms with E-state index in [1.807, 2.05) is 31.2 Å². The fraction of sp³-hybridized carbons (Fsp3) is 0.316. The predicted molar refractivity (Wildman–Crippen MR) is 92.4 cm³/mol. The number of para-hydroxylation sites is 2. The van der Waals surface area contributed by atoms with Crippen molar-refractivity contribution in [3.05, 3.63) is 54.1 Å². The summed E-state index contributed by atoms with van der Waals surface area (Å²) in [5, 5.41) is 2.90. The topological polar surface area (TPSA) is 47.6 Å². The van der Waals surface area contributed by atoms with E-state index < -0.39 is 0 Å². The summed E-state index contributed by atoms with van der Waals surface area (Å²) in [6, 6.07) is 14.6. The Kier molecular flexibility index (Phi) is 6.48. The van der Waals surface area contributed by atoms with Gasteiger partial charge >= 0.3 is 0 Å². The van der Waals surface area contributed by atoms with E-state index in [1.54, 1.807) is 24.3 Å². The minimum absolute atomic E-state index is 0.167. The van der Waals surface area contributed by atoms with Gasteiger partial charge in [0.25, 0.3) is 5.91 Å². The Morgan fingerprint density at radius 1 is 1.00 bits per heavy atom. The fourth-order valence-corrected chi connectivity index (χ4v) is 2.09. The SMILES string of the molecule is CCCCOc1ccccc1NC(=O)c1ccc(OCC)cc1. The molecule has 4 heteroatoms. The van der Waals surface area contributed by atoms with Crippen LogP contribution in [0.1, 0.15) is 37.0 Å². The van der Waals surface area contributed by atoms with Crippen LogP contribution in [-0.4, -0.2) is 19.1 Å². The van der Waals surface area contributed by atoms with E-state index in [-0.39, 0.29) is 5.91 Å². The molecule has 0 unspecified atom stereocenters. The van der Waals surface area contributed by atoms with Crippen LogP contribution in [0.2, 0.25) is 0 Å². The van der Waals surface area contributed by atoms with Gasteiger partial charge in [-0.05, 0) is 49.7 Å². The quantitative estimate of drug-likeness (QED) is 0.729. The normalized spacial score (nSPS) is 10.2. The number of nitrogens with one attached hydrogen (secondary N) is 1. The van der Waals surface area contributed by atoms with Crippen molar-refractivity contribution in [1.29, 1.82) is 0 Å². The summed E-state index contributed by atoms with van der Waals surface area (Å²) in [5.74, 6) is 1.28. The van der Waals surface area contributed by atoms with Crippen LogP contribution in [0.25, 0.3) is 0 Å². The molecule has 0 atom stereocenters. The highest BCUT2D eigenvalue weighted by molar-refractivity contribution is 6.05. The monoisotopic (exact) mass is 313 g/mol. The second-order valence-electron chi connectivity index (χ2n) is 5.11. The lowest BCUT2D eigenvalue weighted by molar-refractivity contribution is 0.102. The van der Waals surface area contributed by atoms with Crippen molar-refractivity contribution in [3.8, 4) is 11.5 Å². The Morgan fingerprint density at radius 2 is 1.74 bits per heavy atom. The number of benzene rings is 2. The molecule has 0 fully saturated rings. The van der Waals surface area contributed by atoms with Crippen LogP contribution in [-0.2, 0) is 0 Å². The Morgan fingerprint density at radius 3 is 2.43 bits per heavy atom. The molecule has 0 aliphatic carbocycles. The maximum Gasteiger partial charge on any atom is 0.255 e. The van der Waals surface area contributed by atoms with Gasteiger partial charge in [0.1, 0.15) is 11.5 Å². The number of unbranched alkanes of at least 4 members (excludes halogenated alkanes) is 1. The first kappa shape index (κ1) is 16.9. The van der Waals surface area contributed by atoms with Gasteiger partial charge in [0, 0.05) is 5.56 Å². The summed E-state index contributed by atoms with van der Waals surface area (Å²) in [5.41, 5.74) is 1.26. The zero-order chi connectivity index (χ0) is 16.5. The van der Waals surface area contributed by atoms with E-state index >= 15 is 0 Å². The largest absolute Gasteiger partial charge is 0.494 e. The minimum Gasteiger partial charge on any atom is -0.494 e. The number of carbonyl (C=O) groups is 1. The van der Waals surface area contributed by atoms with E-state index in [4.69, 9.17) is 9.47 Å². The van der Waals surface area contributed by atoms with Gasteiger partial charge in [-0.3, -0.25) is 4.79 Å². The lowest BCUT2D eigenvalue weighted by atomic mass is 10.2. The van der Waals surface area contributed by atoms with Crippen LogP contribution < -0.4 is 14.8 Å². The van der Waals surface area contributed by atoms with Crippen LogP contribution in [0.5, 0.6) is 11.5 Å². The zero-order valence-corrected chi connectivity index (χ0v) is 13.7. The van der Waals surface area contributed by atoms with Crippen molar-refractivity contribution >= 4 is 11.6 Å². The Labute approximate surface area is 137 Å². The molecule has 0 spiro atoms. The number of hydrogen-bond acceptors (Lipinski definition) is 3. The highest BCUT2D eigenvalue weighted by Gasteiger charge is 2.10. The molecule has 23 heavy (non-hydrogen) atoms. The van der Waals surface area contributed by atoms with Crippen molar-refractivity contribution in [3.63, 3.8) is 0 Å². The molecule has 2 rings (SSSR count). The summed E-state index contributed by atoms with van der Waals surface area (Å²) in [7, 11) is 0. The summed E-state index contributed by atoms with van der Waals surface area (Å²) in [6.45, 7) is 5.29. The number of carbonyl (C=O) groups excluding carboxylic acids is 1. The Hall–Kier alpha value is -2.49. The molecule has 0 bridgehead atoms. The second kappa shape index (κ2) is 8.83. The molecule has 1 amide bonds. The van der Waals surface area contributed by atoms with E-state index in [9.17, 15) is 4.79 Å². The molecule has 0 saturated carbocycles. The molecule has 0 saturated heterocycles. The standard InChI is InChI=1S/C19H23NO3/c1-3-5-14-23-18-9-7-6-8-17(18)20-19(21)15-10-12-16(13-11-15)22-4-2/h6-13H,3-5,14H2,1-2H3,(H,20,21). The van der Waals surface area contributed by atoms with E-state index in [1.165, 1.54) is 0 Å². The van der Waals surface area contributed by atoms with E-state index in [0.717, 1.165) is 18.6 Å². The third-order valence-corrected chi connectivity index (χ3v) is 3.32. The average molecular weight is 313 g/mol. The molecule has 0 radical (unpaired) electrons. The summed E-state index contributed by atoms with van der Waals surface area (Å²) in [6.07, 6.45) is 2.06. The van der Waals surface area contributed by atoms with Gasteiger partial charge < -0.3 is 14.8 Å². The second-order valence-corrected chi connectivity index (χ2v) is 5.11. The van der Waals surface area contributed by atoms with Crippen LogP contribution in [0.3, 0.4) is 0 Å². The molecular weight excluding hydrogens is 290 g/mol. The summed E-state index contributed by atoms with van der Waals surface area (Å²) in [4.78, 5) is 12.4. The van der Waals surface area contributed by atoms with Crippen molar-refractivity contribution in [2.45, 2.75) is 26.7 Å². The van der Waals surface area contributed by atoms with Crippen LogP contribution in [0.15, 0.2) is 48.5 Å². The van der Waals surface area contributed by atoms with Crippen molar-refractivity contribution in [2.75, 3.05) is 18.5 Å². The molecule has 4 nitrogen and oxygen atoms in total. The highest BCUT2D eigenvalue weighted by atomic mass is 16.5. The lowest BCUT2D eigenvalue weighted by Crippen LogP contribution is -2.13. The first-order valence-electron chi connectivity index (χ1n) is 8.00. The number of rotatable bonds is 8. The van der Waals surface area contributed by atoms with E-state index in [0.29, 0.717) is 30.2 Å². The molecule has 0 heterocycles. The Bertz CT molecular complexity index is 623. The molecule has 2 aromatic rings. The highest BCUT2D eigenvalue weighted by Crippen LogP contribution is 2.25. The van der Waals surface area contributed by atoms with Gasteiger partial charge in [0.15, 0.2) is 0 Å². The molecule has 0 aliphatic rings. The predicted octanol–water partition coefficient (Wildman–Crippen LogP) is 4.52. The first-order valence-corrected chi connectivity index (χ1v) is 8.00. The van der Waals surface area contributed by atoms with Gasteiger partial charge in [-0.2, -0.15) is 0 Å². The maximum absolute atomic E-state index is 12.4. The maximum atomic E-state index is 12.4. The molecular formula is C19H23NO3. The zero-order valence-electron chi connectivity index (χ0n) is 13.7. The minimum atomic E-state index is -0.167. The summed E-state index contributed by atoms with van der Waals surface area (Å²) < 4.78 is 11.1.